The second-order valence-electron chi connectivity index (χ2n) is 5.12. The van der Waals surface area contributed by atoms with Crippen molar-refractivity contribution in [3.8, 4) is 0 Å². The van der Waals surface area contributed by atoms with E-state index in [0.717, 1.165) is 16.3 Å². The lowest BCUT2D eigenvalue weighted by Gasteiger charge is -2.14. The lowest BCUT2D eigenvalue weighted by Crippen LogP contribution is -2.28. The van der Waals surface area contributed by atoms with Crippen LogP contribution in [0.15, 0.2) is 53.1 Å². The molecular weight excluding hydrogens is 280 g/mol. The number of hydrogen-bond acceptors (Lipinski definition) is 4. The number of carbonyl (C=O) groups is 1. The summed E-state index contributed by atoms with van der Waals surface area (Å²) < 4.78 is 4.86. The number of hydrogen-bond donors (Lipinski definition) is 2. The number of fused-ring (bicyclic) bond motifs is 1. The highest BCUT2D eigenvalue weighted by atomic mass is 16.5. The normalized spacial score (nSPS) is 12.3. The molecule has 3 aromatic rings. The van der Waals surface area contributed by atoms with Crippen molar-refractivity contribution in [2.24, 2.45) is 0 Å². The molecule has 1 heterocycles. The Hall–Kier alpha value is -2.66. The Morgan fingerprint density at radius 3 is 2.82 bits per heavy atom. The molecule has 0 aliphatic heterocycles. The summed E-state index contributed by atoms with van der Waals surface area (Å²) in [5, 5.41) is 18.7. The molecule has 1 aromatic heterocycles. The van der Waals surface area contributed by atoms with E-state index in [-0.39, 0.29) is 18.1 Å². The van der Waals surface area contributed by atoms with Crippen LogP contribution in [0, 0.1) is 6.92 Å². The zero-order chi connectivity index (χ0) is 15.5. The largest absolute Gasteiger partial charge is 0.387 e. The zero-order valence-corrected chi connectivity index (χ0v) is 12.1. The fourth-order valence-corrected chi connectivity index (χ4v) is 2.40. The number of aryl methyl sites for hydroxylation is 1. The van der Waals surface area contributed by atoms with Crippen LogP contribution in [-0.4, -0.2) is 22.7 Å². The topological polar surface area (TPSA) is 75.4 Å². The molecule has 3 rings (SSSR count). The molecule has 0 saturated heterocycles. The monoisotopic (exact) mass is 296 g/mol. The maximum atomic E-state index is 11.9. The molecule has 0 spiro atoms. The molecule has 0 fully saturated rings. The predicted molar refractivity (Wildman–Crippen MR) is 82.5 cm³/mol. The van der Waals surface area contributed by atoms with Crippen LogP contribution in [0.4, 0.5) is 0 Å². The van der Waals surface area contributed by atoms with Crippen molar-refractivity contribution in [1.82, 2.24) is 10.5 Å². The molecule has 2 aromatic carbocycles. The van der Waals surface area contributed by atoms with E-state index < -0.39 is 6.10 Å². The van der Waals surface area contributed by atoms with E-state index in [4.69, 9.17) is 4.52 Å². The molecule has 22 heavy (non-hydrogen) atoms. The Balaban J connectivity index is 1.74. The molecule has 0 saturated carbocycles. The van der Waals surface area contributed by atoms with Gasteiger partial charge in [0.15, 0.2) is 5.69 Å². The summed E-state index contributed by atoms with van der Waals surface area (Å²) in [7, 11) is 0. The summed E-state index contributed by atoms with van der Waals surface area (Å²) in [6.45, 7) is 1.83. The third kappa shape index (κ3) is 2.84. The number of benzene rings is 2. The van der Waals surface area contributed by atoms with Crippen LogP contribution in [0.1, 0.15) is 27.9 Å². The van der Waals surface area contributed by atoms with Crippen LogP contribution in [0.5, 0.6) is 0 Å². The Morgan fingerprint density at radius 1 is 1.27 bits per heavy atom. The van der Waals surface area contributed by atoms with Crippen molar-refractivity contribution < 1.29 is 14.4 Å². The van der Waals surface area contributed by atoms with Gasteiger partial charge in [0.05, 0.1) is 6.10 Å². The highest BCUT2D eigenvalue weighted by molar-refractivity contribution is 5.92. The van der Waals surface area contributed by atoms with E-state index in [0.29, 0.717) is 5.76 Å². The van der Waals surface area contributed by atoms with E-state index in [9.17, 15) is 9.90 Å². The van der Waals surface area contributed by atoms with Gasteiger partial charge in [0.1, 0.15) is 5.76 Å². The Bertz CT molecular complexity index is 805. The van der Waals surface area contributed by atoms with Gasteiger partial charge in [-0.1, -0.05) is 47.6 Å². The maximum Gasteiger partial charge on any atom is 0.273 e. The van der Waals surface area contributed by atoms with Gasteiger partial charge in [-0.25, -0.2) is 0 Å². The molecule has 0 aliphatic rings. The molecular formula is C17H16N2O3. The fourth-order valence-electron chi connectivity index (χ4n) is 2.40. The zero-order valence-electron chi connectivity index (χ0n) is 12.1. The molecule has 1 atom stereocenters. The molecule has 0 aliphatic carbocycles. The predicted octanol–water partition coefficient (Wildman–Crippen LogP) is 2.60. The second-order valence-corrected chi connectivity index (χ2v) is 5.12. The van der Waals surface area contributed by atoms with Gasteiger partial charge in [0.2, 0.25) is 0 Å². The number of aromatic nitrogens is 1. The average Bonchev–Trinajstić information content (AvgIpc) is 2.98. The summed E-state index contributed by atoms with van der Waals surface area (Å²) in [5.74, 6) is 0.205. The first kappa shape index (κ1) is 14.3. The first-order valence-electron chi connectivity index (χ1n) is 7.02. The number of rotatable bonds is 4. The highest BCUT2D eigenvalue weighted by Crippen LogP contribution is 2.23. The molecule has 0 unspecified atom stereocenters. The Kier molecular flexibility index (Phi) is 3.89. The molecule has 0 bridgehead atoms. The van der Waals surface area contributed by atoms with Gasteiger partial charge in [-0.05, 0) is 23.3 Å². The Morgan fingerprint density at radius 2 is 2.05 bits per heavy atom. The van der Waals surface area contributed by atoms with Crippen molar-refractivity contribution in [1.29, 1.82) is 0 Å². The lowest BCUT2D eigenvalue weighted by atomic mass is 10.0. The summed E-state index contributed by atoms with van der Waals surface area (Å²) >= 11 is 0. The number of nitrogens with one attached hydrogen (secondary N) is 1. The van der Waals surface area contributed by atoms with Crippen LogP contribution >= 0.6 is 0 Å². The van der Waals surface area contributed by atoms with E-state index >= 15 is 0 Å². The molecule has 5 heteroatoms. The summed E-state index contributed by atoms with van der Waals surface area (Å²) in [4.78, 5) is 11.9. The van der Waals surface area contributed by atoms with Gasteiger partial charge >= 0.3 is 0 Å². The van der Waals surface area contributed by atoms with Crippen molar-refractivity contribution in [3.05, 3.63) is 65.5 Å². The number of aliphatic hydroxyl groups excluding tert-OH is 1. The second kappa shape index (κ2) is 5.99. The van der Waals surface area contributed by atoms with Gasteiger partial charge in [-0.15, -0.1) is 0 Å². The summed E-state index contributed by atoms with van der Waals surface area (Å²) in [6, 6.07) is 15.1. The van der Waals surface area contributed by atoms with Crippen molar-refractivity contribution in [2.45, 2.75) is 13.0 Å². The average molecular weight is 296 g/mol. The molecule has 2 N–H and O–H groups in total. The van der Waals surface area contributed by atoms with E-state index in [2.05, 4.69) is 10.5 Å². The Labute approximate surface area is 127 Å². The molecule has 0 radical (unpaired) electrons. The minimum atomic E-state index is -0.789. The first-order chi connectivity index (χ1) is 10.6. The smallest absolute Gasteiger partial charge is 0.273 e. The third-order valence-electron chi connectivity index (χ3n) is 3.50. The highest BCUT2D eigenvalue weighted by Gasteiger charge is 2.15. The minimum Gasteiger partial charge on any atom is -0.387 e. The number of carbonyl (C=O) groups excluding carboxylic acids is 1. The van der Waals surface area contributed by atoms with Crippen molar-refractivity contribution in [3.63, 3.8) is 0 Å². The molecule has 1 amide bonds. The van der Waals surface area contributed by atoms with Crippen LogP contribution in [0.25, 0.3) is 10.8 Å². The van der Waals surface area contributed by atoms with E-state index in [1.807, 2.05) is 42.5 Å². The van der Waals surface area contributed by atoms with Crippen LogP contribution < -0.4 is 5.32 Å². The van der Waals surface area contributed by atoms with E-state index in [1.165, 1.54) is 0 Å². The maximum absolute atomic E-state index is 11.9. The molecule has 5 nitrogen and oxygen atoms in total. The summed E-state index contributed by atoms with van der Waals surface area (Å²) in [5.41, 5.74) is 0.998. The van der Waals surface area contributed by atoms with Gasteiger partial charge in [-0.3, -0.25) is 4.79 Å². The number of nitrogens with zero attached hydrogens (tertiary/aromatic N) is 1. The van der Waals surface area contributed by atoms with Gasteiger partial charge in [-0.2, -0.15) is 0 Å². The quantitative estimate of drug-likeness (QED) is 0.776. The van der Waals surface area contributed by atoms with Crippen LogP contribution in [0.3, 0.4) is 0 Å². The standard InChI is InChI=1S/C17H16N2O3/c1-11-9-15(19-22-11)17(21)18-10-16(20)14-8-4-6-12-5-2-3-7-13(12)14/h2-9,16,20H,10H2,1H3,(H,18,21)/t16-/m0/s1. The number of amides is 1. The van der Waals surface area contributed by atoms with E-state index in [1.54, 1.807) is 13.0 Å². The van der Waals surface area contributed by atoms with Crippen LogP contribution in [-0.2, 0) is 0 Å². The van der Waals surface area contributed by atoms with Gasteiger partial charge in [0, 0.05) is 12.6 Å². The first-order valence-corrected chi connectivity index (χ1v) is 7.02. The number of aliphatic hydroxyl groups is 1. The minimum absolute atomic E-state index is 0.110. The lowest BCUT2D eigenvalue weighted by molar-refractivity contribution is 0.0908. The van der Waals surface area contributed by atoms with Gasteiger partial charge < -0.3 is 14.9 Å². The third-order valence-corrected chi connectivity index (χ3v) is 3.50. The van der Waals surface area contributed by atoms with Gasteiger partial charge in [0.25, 0.3) is 5.91 Å². The van der Waals surface area contributed by atoms with Crippen molar-refractivity contribution in [2.75, 3.05) is 6.54 Å². The van der Waals surface area contributed by atoms with Crippen LogP contribution in [0.2, 0.25) is 0 Å². The van der Waals surface area contributed by atoms with Crippen molar-refractivity contribution >= 4 is 16.7 Å². The SMILES string of the molecule is Cc1cc(C(=O)NC[C@H](O)c2cccc3ccccc23)no1. The molecule has 112 valence electrons. The summed E-state index contributed by atoms with van der Waals surface area (Å²) in [6.07, 6.45) is -0.789. The fraction of sp³-hybridized carbons (Fsp3) is 0.176.